The SMILES string of the molecule is C#CCNCCCNc1ncnc(N)c1/C(=C/C(=O)CF)c1ccc(C)cc1. The summed E-state index contributed by atoms with van der Waals surface area (Å²) in [7, 11) is 0. The third kappa shape index (κ3) is 5.89. The zero-order chi connectivity index (χ0) is 20.4. The minimum Gasteiger partial charge on any atom is -0.383 e. The van der Waals surface area contributed by atoms with Crippen LogP contribution in [0.3, 0.4) is 0 Å². The van der Waals surface area contributed by atoms with E-state index in [9.17, 15) is 9.18 Å². The van der Waals surface area contributed by atoms with Crippen molar-refractivity contribution < 1.29 is 9.18 Å². The molecule has 0 aliphatic rings. The first-order chi connectivity index (χ1) is 13.6. The first kappa shape index (κ1) is 21.1. The number of rotatable bonds is 10. The molecule has 7 heteroatoms. The van der Waals surface area contributed by atoms with Crippen LogP contribution in [0.15, 0.2) is 36.7 Å². The summed E-state index contributed by atoms with van der Waals surface area (Å²) in [6.45, 7) is 2.73. The number of nitrogens with zero attached hydrogens (tertiary/aromatic N) is 2. The zero-order valence-electron chi connectivity index (χ0n) is 15.8. The van der Waals surface area contributed by atoms with Crippen LogP contribution in [0.4, 0.5) is 16.0 Å². The molecule has 0 atom stereocenters. The predicted octanol–water partition coefficient (Wildman–Crippen LogP) is 2.36. The Labute approximate surface area is 164 Å². The van der Waals surface area contributed by atoms with Gasteiger partial charge in [0, 0.05) is 6.54 Å². The third-order valence-corrected chi connectivity index (χ3v) is 4.00. The van der Waals surface area contributed by atoms with Gasteiger partial charge in [-0.25, -0.2) is 14.4 Å². The number of anilines is 2. The lowest BCUT2D eigenvalue weighted by atomic mass is 9.96. The van der Waals surface area contributed by atoms with Crippen LogP contribution >= 0.6 is 0 Å². The van der Waals surface area contributed by atoms with E-state index < -0.39 is 12.5 Å². The molecule has 0 aliphatic heterocycles. The number of nitrogens with two attached hydrogens (primary N) is 1. The monoisotopic (exact) mass is 381 g/mol. The summed E-state index contributed by atoms with van der Waals surface area (Å²) in [5, 5.41) is 6.32. The molecule has 0 radical (unpaired) electrons. The number of nitrogens with one attached hydrogen (secondary N) is 2. The van der Waals surface area contributed by atoms with Crippen LogP contribution in [0.1, 0.15) is 23.1 Å². The van der Waals surface area contributed by atoms with Crippen molar-refractivity contribution in [1.82, 2.24) is 15.3 Å². The van der Waals surface area contributed by atoms with Gasteiger partial charge in [-0.05, 0) is 37.1 Å². The molecular formula is C21H24FN5O. The molecule has 146 valence electrons. The fourth-order valence-electron chi connectivity index (χ4n) is 2.61. The van der Waals surface area contributed by atoms with E-state index in [0.717, 1.165) is 24.1 Å². The summed E-state index contributed by atoms with van der Waals surface area (Å²) in [4.78, 5) is 20.2. The van der Waals surface area contributed by atoms with Crippen LogP contribution < -0.4 is 16.4 Å². The number of carbonyl (C=O) groups is 1. The normalized spacial score (nSPS) is 11.1. The molecular weight excluding hydrogens is 357 g/mol. The Balaban J connectivity index is 2.34. The van der Waals surface area contributed by atoms with Crippen molar-refractivity contribution in [2.24, 2.45) is 0 Å². The molecule has 0 bridgehead atoms. The summed E-state index contributed by atoms with van der Waals surface area (Å²) in [6, 6.07) is 7.53. The van der Waals surface area contributed by atoms with Gasteiger partial charge >= 0.3 is 0 Å². The fourth-order valence-corrected chi connectivity index (χ4v) is 2.61. The molecule has 0 saturated carbocycles. The van der Waals surface area contributed by atoms with E-state index in [0.29, 0.717) is 30.0 Å². The molecule has 0 fully saturated rings. The first-order valence-corrected chi connectivity index (χ1v) is 8.93. The molecule has 2 rings (SSSR count). The van der Waals surface area contributed by atoms with Gasteiger partial charge in [0.15, 0.2) is 12.5 Å². The highest BCUT2D eigenvalue weighted by atomic mass is 19.1. The maximum absolute atomic E-state index is 12.9. The molecule has 0 saturated heterocycles. The van der Waals surface area contributed by atoms with E-state index in [4.69, 9.17) is 12.2 Å². The standard InChI is InChI=1S/C21H24FN5O/c1-3-9-24-10-4-11-25-21-19(20(23)26-14-27-21)18(12-17(28)13-22)16-7-5-15(2)6-8-16/h1,5-8,12,14,24H,4,9-11,13H2,2H3,(H3,23,25,26,27)/b18-12+. The van der Waals surface area contributed by atoms with Gasteiger partial charge in [0.1, 0.15) is 18.0 Å². The summed E-state index contributed by atoms with van der Waals surface area (Å²) in [5.41, 5.74) is 8.86. The topological polar surface area (TPSA) is 92.9 Å². The number of hydrogen-bond acceptors (Lipinski definition) is 6. The second-order valence-electron chi connectivity index (χ2n) is 6.17. The lowest BCUT2D eigenvalue weighted by molar-refractivity contribution is -0.115. The van der Waals surface area contributed by atoms with Gasteiger partial charge in [-0.15, -0.1) is 6.42 Å². The Bertz CT molecular complexity index is 871. The van der Waals surface area contributed by atoms with E-state index in [-0.39, 0.29) is 5.82 Å². The van der Waals surface area contributed by atoms with Crippen molar-refractivity contribution in [3.05, 3.63) is 53.4 Å². The zero-order valence-corrected chi connectivity index (χ0v) is 15.8. The number of nitrogen functional groups attached to an aromatic ring is 1. The molecule has 0 amide bonds. The molecule has 0 unspecified atom stereocenters. The van der Waals surface area contributed by atoms with Gasteiger partial charge in [0.25, 0.3) is 0 Å². The van der Waals surface area contributed by atoms with E-state index in [1.165, 1.54) is 12.4 Å². The highest BCUT2D eigenvalue weighted by Crippen LogP contribution is 2.32. The number of aryl methyl sites for hydroxylation is 1. The Kier molecular flexibility index (Phi) is 8.12. The summed E-state index contributed by atoms with van der Waals surface area (Å²) in [6.07, 6.45) is 8.60. The van der Waals surface area contributed by atoms with Crippen LogP contribution in [0.2, 0.25) is 0 Å². The third-order valence-electron chi connectivity index (χ3n) is 4.00. The number of allylic oxidation sites excluding steroid dienone is 1. The van der Waals surface area contributed by atoms with E-state index in [1.807, 2.05) is 31.2 Å². The molecule has 2 aromatic rings. The molecule has 6 nitrogen and oxygen atoms in total. The minimum absolute atomic E-state index is 0.210. The molecule has 1 heterocycles. The maximum atomic E-state index is 12.9. The van der Waals surface area contributed by atoms with Crippen molar-refractivity contribution >= 4 is 23.0 Å². The fraction of sp³-hybridized carbons (Fsp3) is 0.286. The van der Waals surface area contributed by atoms with Gasteiger partial charge in [-0.3, -0.25) is 4.79 Å². The van der Waals surface area contributed by atoms with Gasteiger partial charge in [0.2, 0.25) is 0 Å². The Morgan fingerprint density at radius 3 is 2.71 bits per heavy atom. The van der Waals surface area contributed by atoms with Crippen molar-refractivity contribution in [3.63, 3.8) is 0 Å². The van der Waals surface area contributed by atoms with Crippen molar-refractivity contribution in [2.75, 3.05) is 37.4 Å². The Morgan fingerprint density at radius 2 is 2.04 bits per heavy atom. The quantitative estimate of drug-likeness (QED) is 0.332. The smallest absolute Gasteiger partial charge is 0.187 e. The van der Waals surface area contributed by atoms with Crippen molar-refractivity contribution in [1.29, 1.82) is 0 Å². The highest BCUT2D eigenvalue weighted by molar-refractivity contribution is 6.03. The number of halogens is 1. The van der Waals surface area contributed by atoms with Crippen molar-refractivity contribution in [3.8, 4) is 12.3 Å². The minimum atomic E-state index is -1.09. The largest absolute Gasteiger partial charge is 0.383 e. The number of terminal acetylenes is 1. The summed E-state index contributed by atoms with van der Waals surface area (Å²) < 4.78 is 12.9. The number of aromatic nitrogens is 2. The van der Waals surface area contributed by atoms with Gasteiger partial charge in [-0.1, -0.05) is 35.7 Å². The van der Waals surface area contributed by atoms with Crippen LogP contribution in [0, 0.1) is 19.3 Å². The van der Waals surface area contributed by atoms with E-state index >= 15 is 0 Å². The van der Waals surface area contributed by atoms with Crippen molar-refractivity contribution in [2.45, 2.75) is 13.3 Å². The maximum Gasteiger partial charge on any atom is 0.187 e. The Morgan fingerprint density at radius 1 is 1.29 bits per heavy atom. The number of carbonyl (C=O) groups excluding carboxylic acids is 1. The summed E-state index contributed by atoms with van der Waals surface area (Å²) >= 11 is 0. The molecule has 4 N–H and O–H groups in total. The van der Waals surface area contributed by atoms with Crippen LogP contribution in [0.25, 0.3) is 5.57 Å². The van der Waals surface area contributed by atoms with Gasteiger partial charge < -0.3 is 16.4 Å². The van der Waals surface area contributed by atoms with Crippen LogP contribution in [-0.2, 0) is 4.79 Å². The first-order valence-electron chi connectivity index (χ1n) is 8.93. The average Bonchev–Trinajstić information content (AvgIpc) is 2.70. The number of alkyl halides is 1. The Hall–Kier alpha value is -3.24. The van der Waals surface area contributed by atoms with Gasteiger partial charge in [-0.2, -0.15) is 0 Å². The second kappa shape index (κ2) is 10.8. The molecule has 1 aromatic heterocycles. The van der Waals surface area contributed by atoms with E-state index in [1.54, 1.807) is 0 Å². The summed E-state index contributed by atoms with van der Waals surface area (Å²) in [5.74, 6) is 2.56. The van der Waals surface area contributed by atoms with Crippen LogP contribution in [0.5, 0.6) is 0 Å². The molecule has 1 aromatic carbocycles. The second-order valence-corrected chi connectivity index (χ2v) is 6.17. The van der Waals surface area contributed by atoms with Gasteiger partial charge in [0.05, 0.1) is 12.1 Å². The molecule has 0 aliphatic carbocycles. The predicted molar refractivity (Wildman–Crippen MR) is 110 cm³/mol. The lowest BCUT2D eigenvalue weighted by Crippen LogP contribution is -2.19. The van der Waals surface area contributed by atoms with E-state index in [2.05, 4.69) is 26.5 Å². The lowest BCUT2D eigenvalue weighted by Gasteiger charge is -2.16. The molecule has 0 spiro atoms. The highest BCUT2D eigenvalue weighted by Gasteiger charge is 2.17. The average molecular weight is 381 g/mol. The number of hydrogen-bond donors (Lipinski definition) is 3. The van der Waals surface area contributed by atoms with Crippen LogP contribution in [-0.4, -0.2) is 42.1 Å². The number of ketones is 1. The number of benzene rings is 1. The molecule has 28 heavy (non-hydrogen) atoms.